The van der Waals surface area contributed by atoms with E-state index in [9.17, 15) is 19.2 Å². The molecule has 1 saturated carbocycles. The van der Waals surface area contributed by atoms with Crippen LogP contribution in [0.15, 0.2) is 36.5 Å². The lowest BCUT2D eigenvalue weighted by Crippen LogP contribution is -2.33. The van der Waals surface area contributed by atoms with Gasteiger partial charge in [-0.2, -0.15) is 4.98 Å². The van der Waals surface area contributed by atoms with Crippen LogP contribution in [-0.2, 0) is 18.9 Å². The number of nitrogens with one attached hydrogen (secondary N) is 1. The molecule has 2 fully saturated rings. The summed E-state index contributed by atoms with van der Waals surface area (Å²) in [4.78, 5) is 13.7. The Hall–Kier alpha value is -2.31. The van der Waals surface area contributed by atoms with Crippen molar-refractivity contribution in [1.82, 2.24) is 14.5 Å². The first-order valence-corrected chi connectivity index (χ1v) is 14.2. The third-order valence-electron chi connectivity index (χ3n) is 6.36. The third kappa shape index (κ3) is 5.91. The second kappa shape index (κ2) is 10.8. The molecule has 0 spiro atoms. The maximum Gasteiger partial charge on any atom is 0.402 e. The summed E-state index contributed by atoms with van der Waals surface area (Å²) >= 11 is 6.19. The van der Waals surface area contributed by atoms with E-state index in [-0.39, 0.29) is 17.6 Å². The van der Waals surface area contributed by atoms with Crippen molar-refractivity contribution in [3.8, 4) is 5.75 Å². The van der Waals surface area contributed by atoms with Crippen LogP contribution in [-0.4, -0.2) is 62.4 Å². The fraction of sp³-hybridized carbons (Fsp3) is 0.478. The lowest BCUT2D eigenvalue weighted by molar-refractivity contribution is -0.237. The Balaban J connectivity index is 1.24. The molecule has 14 heteroatoms. The van der Waals surface area contributed by atoms with E-state index in [1.54, 1.807) is 16.8 Å². The van der Waals surface area contributed by atoms with Gasteiger partial charge >= 0.3 is 7.60 Å². The van der Waals surface area contributed by atoms with Crippen molar-refractivity contribution in [2.24, 2.45) is 0 Å². The molecule has 1 aromatic carbocycles. The predicted octanol–water partition coefficient (Wildman–Crippen LogP) is 4.05. The Morgan fingerprint density at radius 1 is 1.19 bits per heavy atom. The smallest absolute Gasteiger partial charge is 0.402 e. The van der Waals surface area contributed by atoms with Crippen molar-refractivity contribution in [3.05, 3.63) is 47.6 Å². The Bertz CT molecular complexity index is 1290. The van der Waals surface area contributed by atoms with Crippen LogP contribution < -0.4 is 9.84 Å². The van der Waals surface area contributed by atoms with Gasteiger partial charge in [0.2, 0.25) is 5.28 Å². The first-order valence-electron chi connectivity index (χ1n) is 11.9. The quantitative estimate of drug-likeness (QED) is 0.153. The van der Waals surface area contributed by atoms with Gasteiger partial charge in [0.05, 0.1) is 12.1 Å². The van der Waals surface area contributed by atoms with Crippen LogP contribution in [0.2, 0.25) is 5.28 Å². The van der Waals surface area contributed by atoms with Crippen molar-refractivity contribution >= 4 is 36.0 Å². The summed E-state index contributed by atoms with van der Waals surface area (Å²) in [6, 6.07) is 6.99. The number of fused-ring (bicyclic) bond motifs is 1. The second-order valence-corrected chi connectivity index (χ2v) is 11.4. The van der Waals surface area contributed by atoms with Crippen LogP contribution in [0.1, 0.15) is 31.9 Å². The Morgan fingerprint density at radius 3 is 2.65 bits per heavy atom. The van der Waals surface area contributed by atoms with Crippen molar-refractivity contribution < 1.29 is 38.0 Å². The van der Waals surface area contributed by atoms with Gasteiger partial charge in [-0.3, -0.25) is 0 Å². The zero-order valence-corrected chi connectivity index (χ0v) is 21.5. The first kappa shape index (κ1) is 26.3. The minimum atomic E-state index is -3.73. The van der Waals surface area contributed by atoms with Crippen LogP contribution >= 0.6 is 19.2 Å². The number of hydrogen-bond donors (Lipinski definition) is 3. The van der Waals surface area contributed by atoms with E-state index < -0.39 is 38.0 Å². The molecule has 200 valence electrons. The standard InChI is InChI=1S/C23H27ClFN4O7P/c1-37(32,35-15-8-6-13(25)7-9-15)36-33-12-17-18(30)19(31)22(34-17)29-11-10-16-20(26-14-4-2-3-5-14)27-23(24)28-21(16)29/h6-11,14,17-19,22,30-31H,2-5,12H2,1H3,(H,26,27,28)/t17-,18-,19-,22-,37?/m1/s1. The highest BCUT2D eigenvalue weighted by atomic mass is 35.5. The molecule has 5 atom stereocenters. The molecule has 11 nitrogen and oxygen atoms in total. The fourth-order valence-electron chi connectivity index (χ4n) is 4.58. The normalized spacial score (nSPS) is 26.0. The summed E-state index contributed by atoms with van der Waals surface area (Å²) in [5.74, 6) is 0.258. The van der Waals surface area contributed by atoms with Crippen LogP contribution in [0.25, 0.3) is 11.0 Å². The van der Waals surface area contributed by atoms with Crippen LogP contribution in [0.4, 0.5) is 10.2 Å². The number of aliphatic hydroxyl groups is 2. The molecule has 0 amide bonds. The van der Waals surface area contributed by atoms with E-state index in [2.05, 4.69) is 15.3 Å². The molecule has 3 N–H and O–H groups in total. The SMILES string of the molecule is CP(=O)(OOC[C@H]1O[C@@H](n2ccc3c(NC4CCCC4)nc(Cl)nc32)[C@H](O)[C@@H]1O)Oc1ccc(F)cc1. The first-order chi connectivity index (χ1) is 17.7. The van der Waals surface area contributed by atoms with Crippen LogP contribution in [0, 0.1) is 5.82 Å². The molecule has 1 aliphatic carbocycles. The van der Waals surface area contributed by atoms with E-state index in [1.807, 2.05) is 0 Å². The highest BCUT2D eigenvalue weighted by Crippen LogP contribution is 2.45. The molecule has 3 aromatic rings. The van der Waals surface area contributed by atoms with Gasteiger partial charge in [-0.1, -0.05) is 12.8 Å². The molecule has 2 aromatic heterocycles. The van der Waals surface area contributed by atoms with Gasteiger partial charge in [-0.05, 0) is 54.8 Å². The number of aromatic nitrogens is 3. The van der Waals surface area contributed by atoms with E-state index >= 15 is 0 Å². The summed E-state index contributed by atoms with van der Waals surface area (Å²) in [5, 5.41) is 25.4. The number of halogens is 2. The number of nitrogens with zero attached hydrogens (tertiary/aromatic N) is 3. The monoisotopic (exact) mass is 556 g/mol. The molecular weight excluding hydrogens is 530 g/mol. The summed E-state index contributed by atoms with van der Waals surface area (Å²) < 4.78 is 43.1. The maximum atomic E-state index is 13.0. The average molecular weight is 557 g/mol. The fourth-order valence-corrected chi connectivity index (χ4v) is 5.53. The number of hydrogen-bond acceptors (Lipinski definition) is 10. The summed E-state index contributed by atoms with van der Waals surface area (Å²) in [5.41, 5.74) is 0.431. The highest BCUT2D eigenvalue weighted by Gasteiger charge is 2.45. The van der Waals surface area contributed by atoms with Crippen molar-refractivity contribution in [1.29, 1.82) is 0 Å². The minimum absolute atomic E-state index is 0.0362. The molecule has 2 aliphatic rings. The number of benzene rings is 1. The van der Waals surface area contributed by atoms with Crippen LogP contribution in [0.3, 0.4) is 0 Å². The van der Waals surface area contributed by atoms with Gasteiger partial charge in [-0.25, -0.2) is 18.8 Å². The zero-order chi connectivity index (χ0) is 26.2. The molecule has 37 heavy (non-hydrogen) atoms. The van der Waals surface area contributed by atoms with Crippen molar-refractivity contribution in [3.63, 3.8) is 0 Å². The van der Waals surface area contributed by atoms with Gasteiger partial charge in [0.15, 0.2) is 6.23 Å². The number of ether oxygens (including phenoxy) is 1. The van der Waals surface area contributed by atoms with E-state index in [0.29, 0.717) is 22.9 Å². The average Bonchev–Trinajstić information content (AvgIpc) is 3.57. The molecule has 0 radical (unpaired) electrons. The molecule has 1 unspecified atom stereocenters. The summed E-state index contributed by atoms with van der Waals surface area (Å²) in [7, 11) is -3.73. The molecule has 1 aliphatic heterocycles. The predicted molar refractivity (Wildman–Crippen MR) is 132 cm³/mol. The lowest BCUT2D eigenvalue weighted by Gasteiger charge is -2.18. The molecular formula is C23H27ClFN4O7P. The molecule has 0 bridgehead atoms. The van der Waals surface area contributed by atoms with E-state index in [0.717, 1.165) is 37.8 Å². The highest BCUT2D eigenvalue weighted by molar-refractivity contribution is 7.53. The van der Waals surface area contributed by atoms with Gasteiger partial charge in [0.25, 0.3) is 0 Å². The second-order valence-electron chi connectivity index (χ2n) is 9.15. The number of aliphatic hydroxyl groups excluding tert-OH is 2. The topological polar surface area (TPSA) is 137 Å². The van der Waals surface area contributed by atoms with E-state index in [4.69, 9.17) is 30.4 Å². The Labute approximate surface area is 216 Å². The summed E-state index contributed by atoms with van der Waals surface area (Å²) in [6.45, 7) is 0.815. The van der Waals surface area contributed by atoms with Crippen molar-refractivity contribution in [2.75, 3.05) is 18.6 Å². The van der Waals surface area contributed by atoms with Gasteiger partial charge in [0.1, 0.15) is 48.0 Å². The summed E-state index contributed by atoms with van der Waals surface area (Å²) in [6.07, 6.45) is 1.38. The Morgan fingerprint density at radius 2 is 1.92 bits per heavy atom. The van der Waals surface area contributed by atoms with Gasteiger partial charge in [0, 0.05) is 12.2 Å². The Kier molecular flexibility index (Phi) is 7.69. The molecule has 1 saturated heterocycles. The zero-order valence-electron chi connectivity index (χ0n) is 19.9. The van der Waals surface area contributed by atoms with Crippen LogP contribution in [0.5, 0.6) is 5.75 Å². The number of rotatable bonds is 9. The molecule has 5 rings (SSSR count). The molecule has 3 heterocycles. The maximum absolute atomic E-state index is 13.0. The largest absolute Gasteiger partial charge is 0.423 e. The lowest BCUT2D eigenvalue weighted by atomic mass is 10.1. The third-order valence-corrected chi connectivity index (χ3v) is 7.44. The minimum Gasteiger partial charge on any atom is -0.423 e. The number of anilines is 1. The van der Waals surface area contributed by atoms with Gasteiger partial charge in [-0.15, -0.1) is 4.67 Å². The van der Waals surface area contributed by atoms with Crippen molar-refractivity contribution in [2.45, 2.75) is 56.3 Å². The van der Waals surface area contributed by atoms with Gasteiger partial charge < -0.3 is 29.4 Å². The van der Waals surface area contributed by atoms with E-state index in [1.165, 1.54) is 18.8 Å².